The number of urea groups is 1. The molecule has 6 rings (SSSR count). The van der Waals surface area contributed by atoms with Crippen molar-refractivity contribution in [2.45, 2.75) is 6.92 Å². The van der Waals surface area contributed by atoms with E-state index in [9.17, 15) is 4.79 Å². The van der Waals surface area contributed by atoms with Crippen molar-refractivity contribution in [3.05, 3.63) is 60.4 Å². The van der Waals surface area contributed by atoms with Crippen LogP contribution in [0.2, 0.25) is 0 Å². The predicted octanol–water partition coefficient (Wildman–Crippen LogP) is 5.66. The van der Waals surface area contributed by atoms with Crippen molar-refractivity contribution in [3.8, 4) is 17.2 Å². The number of fused-ring (bicyclic) bond motifs is 2. The van der Waals surface area contributed by atoms with Crippen LogP contribution in [0.1, 0.15) is 5.56 Å². The van der Waals surface area contributed by atoms with Gasteiger partial charge in [0.2, 0.25) is 0 Å². The summed E-state index contributed by atoms with van der Waals surface area (Å²) >= 11 is 1.45. The van der Waals surface area contributed by atoms with Gasteiger partial charge in [0.1, 0.15) is 24.5 Å². The normalized spacial score (nSPS) is 13.5. The van der Waals surface area contributed by atoms with Gasteiger partial charge in [-0.1, -0.05) is 17.4 Å². The summed E-state index contributed by atoms with van der Waals surface area (Å²) in [5, 5.41) is 10.5. The van der Waals surface area contributed by atoms with Crippen LogP contribution in [0.5, 0.6) is 17.2 Å². The molecule has 0 saturated carbocycles. The van der Waals surface area contributed by atoms with E-state index < -0.39 is 0 Å². The standard InChI is InChI=1S/C31H33N7O5S/c1-19-4-7-25(40-2)24(14-19)35-30(39)34-20-5-6-22-28(15-20)44-31(36-22)37-29-21-16-26(41-3)27(17-23(21)32-18-33-29)43-13-10-38-8-11-42-12-9-38/h4-7,14-18H,8-13H2,1-3H3,(H2,34,35,39)(H,32,33,36,37). The first kappa shape index (κ1) is 29.4. The number of thiazole rings is 1. The third-order valence-electron chi connectivity index (χ3n) is 7.16. The molecule has 1 aliphatic heterocycles. The van der Waals surface area contributed by atoms with Crippen LogP contribution in [0, 0.1) is 6.92 Å². The number of rotatable bonds is 10. The zero-order valence-corrected chi connectivity index (χ0v) is 25.5. The van der Waals surface area contributed by atoms with Gasteiger partial charge >= 0.3 is 6.03 Å². The summed E-state index contributed by atoms with van der Waals surface area (Å²) in [4.78, 5) is 28.7. The van der Waals surface area contributed by atoms with Gasteiger partial charge in [0.25, 0.3) is 0 Å². The maximum Gasteiger partial charge on any atom is 0.323 e. The van der Waals surface area contributed by atoms with E-state index in [4.69, 9.17) is 23.9 Å². The van der Waals surface area contributed by atoms with Crippen LogP contribution in [0.25, 0.3) is 21.1 Å². The minimum absolute atomic E-state index is 0.373. The van der Waals surface area contributed by atoms with Crippen LogP contribution in [0.3, 0.4) is 0 Å². The third-order valence-corrected chi connectivity index (χ3v) is 8.10. The number of ether oxygens (including phenoxy) is 4. The molecule has 1 saturated heterocycles. The first-order valence-electron chi connectivity index (χ1n) is 14.1. The molecule has 44 heavy (non-hydrogen) atoms. The Balaban J connectivity index is 1.15. The summed E-state index contributed by atoms with van der Waals surface area (Å²) in [6.07, 6.45) is 1.51. The molecule has 12 nitrogen and oxygen atoms in total. The second-order valence-electron chi connectivity index (χ2n) is 10.2. The van der Waals surface area contributed by atoms with Crippen molar-refractivity contribution < 1.29 is 23.7 Å². The van der Waals surface area contributed by atoms with Gasteiger partial charge in [-0.3, -0.25) is 4.90 Å². The number of hydrogen-bond acceptors (Lipinski definition) is 11. The lowest BCUT2D eigenvalue weighted by molar-refractivity contribution is 0.0321. The van der Waals surface area contributed by atoms with Crippen LogP contribution >= 0.6 is 11.3 Å². The third kappa shape index (κ3) is 6.75. The molecule has 0 aliphatic carbocycles. The summed E-state index contributed by atoms with van der Waals surface area (Å²) < 4.78 is 23.4. The number of morpholine rings is 1. The fourth-order valence-electron chi connectivity index (χ4n) is 4.91. The van der Waals surface area contributed by atoms with Gasteiger partial charge in [-0.2, -0.15) is 0 Å². The minimum atomic E-state index is -0.373. The minimum Gasteiger partial charge on any atom is -0.495 e. The lowest BCUT2D eigenvalue weighted by Crippen LogP contribution is -2.38. The molecule has 0 atom stereocenters. The highest BCUT2D eigenvalue weighted by atomic mass is 32.1. The molecule has 228 valence electrons. The Labute approximate surface area is 258 Å². The molecule has 5 aromatic rings. The van der Waals surface area contributed by atoms with Crippen molar-refractivity contribution in [2.24, 2.45) is 0 Å². The van der Waals surface area contributed by atoms with Crippen LogP contribution < -0.4 is 30.2 Å². The zero-order chi connectivity index (χ0) is 30.5. The Bertz CT molecular complexity index is 1790. The predicted molar refractivity (Wildman–Crippen MR) is 172 cm³/mol. The second-order valence-corrected chi connectivity index (χ2v) is 11.2. The fourth-order valence-corrected chi connectivity index (χ4v) is 5.81. The summed E-state index contributed by atoms with van der Waals surface area (Å²) in [6.45, 7) is 6.60. The number of carbonyl (C=O) groups is 1. The maximum atomic E-state index is 12.7. The molecule has 2 amide bonds. The number of aryl methyl sites for hydroxylation is 1. The molecular weight excluding hydrogens is 582 g/mol. The molecule has 2 aromatic heterocycles. The van der Waals surface area contributed by atoms with Gasteiger partial charge in [0, 0.05) is 36.8 Å². The number of hydrogen-bond donors (Lipinski definition) is 3. The highest BCUT2D eigenvalue weighted by Crippen LogP contribution is 2.36. The van der Waals surface area contributed by atoms with E-state index in [1.807, 2.05) is 55.5 Å². The molecule has 0 bridgehead atoms. The Morgan fingerprint density at radius 2 is 1.80 bits per heavy atom. The average Bonchev–Trinajstić information content (AvgIpc) is 3.43. The molecule has 3 N–H and O–H groups in total. The number of methoxy groups -OCH3 is 2. The van der Waals surface area contributed by atoms with Crippen molar-refractivity contribution in [1.29, 1.82) is 0 Å². The van der Waals surface area contributed by atoms with Gasteiger partial charge in [-0.15, -0.1) is 0 Å². The summed E-state index contributed by atoms with van der Waals surface area (Å²) in [5.74, 6) is 2.40. The average molecular weight is 616 g/mol. The number of anilines is 4. The second kappa shape index (κ2) is 13.3. The van der Waals surface area contributed by atoms with Crippen LogP contribution in [0.4, 0.5) is 27.1 Å². The number of aromatic nitrogens is 3. The van der Waals surface area contributed by atoms with Crippen molar-refractivity contribution >= 4 is 60.8 Å². The number of amides is 2. The Morgan fingerprint density at radius 3 is 2.61 bits per heavy atom. The molecule has 0 unspecified atom stereocenters. The van der Waals surface area contributed by atoms with Crippen molar-refractivity contribution in [2.75, 3.05) is 69.6 Å². The number of nitrogens with one attached hydrogen (secondary N) is 3. The Kier molecular flexibility index (Phi) is 8.86. The first-order valence-corrected chi connectivity index (χ1v) is 15.0. The lowest BCUT2D eigenvalue weighted by atomic mass is 10.2. The van der Waals surface area contributed by atoms with Gasteiger partial charge in [0.15, 0.2) is 16.6 Å². The van der Waals surface area contributed by atoms with Gasteiger partial charge in [-0.25, -0.2) is 19.7 Å². The van der Waals surface area contributed by atoms with Gasteiger partial charge in [0.05, 0.1) is 48.9 Å². The van der Waals surface area contributed by atoms with E-state index in [1.54, 1.807) is 14.2 Å². The molecule has 3 heterocycles. The first-order chi connectivity index (χ1) is 21.5. The SMILES string of the molecule is COc1ccc(C)cc1NC(=O)Nc1ccc2nc(Nc3ncnc4cc(OCCN5CCOCC5)c(OC)cc34)sc2c1. The van der Waals surface area contributed by atoms with E-state index in [-0.39, 0.29) is 6.03 Å². The van der Waals surface area contributed by atoms with E-state index in [2.05, 4.69) is 30.8 Å². The summed E-state index contributed by atoms with van der Waals surface area (Å²) in [5.41, 5.74) is 3.74. The summed E-state index contributed by atoms with van der Waals surface area (Å²) in [7, 11) is 3.18. The van der Waals surface area contributed by atoms with Crippen LogP contribution in [-0.2, 0) is 4.74 Å². The topological polar surface area (TPSA) is 132 Å². The number of nitrogens with zero attached hydrogens (tertiary/aromatic N) is 4. The maximum absolute atomic E-state index is 12.7. The molecule has 0 spiro atoms. The number of benzene rings is 3. The Morgan fingerprint density at radius 1 is 0.955 bits per heavy atom. The molecular formula is C31H33N7O5S. The van der Waals surface area contributed by atoms with Crippen molar-refractivity contribution in [3.63, 3.8) is 0 Å². The van der Waals surface area contributed by atoms with Crippen LogP contribution in [-0.4, -0.2) is 79.6 Å². The fraction of sp³-hybridized carbons (Fsp3) is 0.290. The molecule has 0 radical (unpaired) electrons. The van der Waals surface area contributed by atoms with Crippen LogP contribution in [0.15, 0.2) is 54.9 Å². The van der Waals surface area contributed by atoms with E-state index >= 15 is 0 Å². The highest BCUT2D eigenvalue weighted by Gasteiger charge is 2.16. The Hall–Kier alpha value is -4.72. The molecule has 3 aromatic carbocycles. The quantitative estimate of drug-likeness (QED) is 0.181. The van der Waals surface area contributed by atoms with E-state index in [0.717, 1.165) is 54.0 Å². The number of carbonyl (C=O) groups excluding carboxylic acids is 1. The molecule has 1 fully saturated rings. The van der Waals surface area contributed by atoms with Gasteiger partial charge in [-0.05, 0) is 48.9 Å². The lowest BCUT2D eigenvalue weighted by Gasteiger charge is -2.26. The smallest absolute Gasteiger partial charge is 0.323 e. The molecule has 1 aliphatic rings. The monoisotopic (exact) mass is 615 g/mol. The largest absolute Gasteiger partial charge is 0.495 e. The summed E-state index contributed by atoms with van der Waals surface area (Å²) in [6, 6.07) is 14.5. The van der Waals surface area contributed by atoms with Crippen molar-refractivity contribution in [1.82, 2.24) is 19.9 Å². The van der Waals surface area contributed by atoms with Gasteiger partial charge < -0.3 is 34.9 Å². The van der Waals surface area contributed by atoms with E-state index in [0.29, 0.717) is 51.7 Å². The molecule has 13 heteroatoms. The van der Waals surface area contributed by atoms with E-state index in [1.165, 1.54) is 17.7 Å². The highest BCUT2D eigenvalue weighted by molar-refractivity contribution is 7.22. The zero-order valence-electron chi connectivity index (χ0n) is 24.7.